The number of carbonyl (C=O) groups excluding carboxylic acids is 2. The van der Waals surface area contributed by atoms with Crippen molar-refractivity contribution in [1.82, 2.24) is 10.2 Å². The second-order valence-electron chi connectivity index (χ2n) is 6.10. The minimum absolute atomic E-state index is 0. The molecular formula is C17H26ClFN4O2. The number of rotatable bonds is 7. The van der Waals surface area contributed by atoms with Crippen LogP contribution in [0.15, 0.2) is 24.3 Å². The van der Waals surface area contributed by atoms with Crippen LogP contribution in [0.3, 0.4) is 0 Å². The van der Waals surface area contributed by atoms with Gasteiger partial charge in [-0.05, 0) is 50.7 Å². The molecule has 1 fully saturated rings. The van der Waals surface area contributed by atoms with Crippen molar-refractivity contribution in [3.63, 3.8) is 0 Å². The number of anilines is 1. The fraction of sp³-hybridized carbons (Fsp3) is 0.529. The minimum atomic E-state index is -0.469. The zero-order chi connectivity index (χ0) is 17.5. The van der Waals surface area contributed by atoms with E-state index in [4.69, 9.17) is 5.73 Å². The molecule has 3 N–H and O–H groups in total. The van der Waals surface area contributed by atoms with Crippen LogP contribution in [0, 0.1) is 5.82 Å². The Balaban J connectivity index is 0.00000312. The molecule has 1 aliphatic rings. The van der Waals surface area contributed by atoms with Crippen molar-refractivity contribution in [2.45, 2.75) is 25.3 Å². The van der Waals surface area contributed by atoms with Crippen LogP contribution in [-0.4, -0.2) is 56.0 Å². The second kappa shape index (κ2) is 10.3. The number of hydrogen-bond acceptors (Lipinski definition) is 4. The molecule has 1 atom stereocenters. The molecule has 140 valence electrons. The first-order valence-corrected chi connectivity index (χ1v) is 8.23. The number of carbonyl (C=O) groups is 2. The lowest BCUT2D eigenvalue weighted by Crippen LogP contribution is -2.49. The third kappa shape index (κ3) is 6.61. The summed E-state index contributed by atoms with van der Waals surface area (Å²) in [6.45, 7) is 2.16. The molecule has 1 aliphatic heterocycles. The lowest BCUT2D eigenvalue weighted by Gasteiger charge is -2.33. The molecular weight excluding hydrogens is 347 g/mol. The van der Waals surface area contributed by atoms with Crippen LogP contribution in [-0.2, 0) is 9.59 Å². The molecule has 25 heavy (non-hydrogen) atoms. The molecule has 1 aromatic rings. The average Bonchev–Trinajstić information content (AvgIpc) is 2.56. The molecule has 8 heteroatoms. The number of likely N-dealkylation sites (tertiary alicyclic amines) is 1. The molecule has 0 saturated carbocycles. The summed E-state index contributed by atoms with van der Waals surface area (Å²) in [5, 5.41) is 3.24. The van der Waals surface area contributed by atoms with Gasteiger partial charge in [-0.3, -0.25) is 14.5 Å². The highest BCUT2D eigenvalue weighted by Crippen LogP contribution is 2.17. The molecule has 1 heterocycles. The van der Waals surface area contributed by atoms with Gasteiger partial charge in [0.1, 0.15) is 5.82 Å². The maximum absolute atomic E-state index is 13.1. The summed E-state index contributed by atoms with van der Waals surface area (Å²) in [6.07, 6.45) is 2.21. The van der Waals surface area contributed by atoms with E-state index in [0.29, 0.717) is 11.7 Å². The number of amides is 2. The van der Waals surface area contributed by atoms with Gasteiger partial charge in [-0.25, -0.2) is 4.39 Å². The van der Waals surface area contributed by atoms with Crippen molar-refractivity contribution in [3.8, 4) is 0 Å². The van der Waals surface area contributed by atoms with E-state index < -0.39 is 5.91 Å². The first kappa shape index (κ1) is 21.3. The number of nitrogens with one attached hydrogen (secondary N) is 1. The predicted molar refractivity (Wildman–Crippen MR) is 98.3 cm³/mol. The number of nitrogens with two attached hydrogens (primary N) is 1. The molecule has 1 saturated heterocycles. The molecule has 6 nitrogen and oxygen atoms in total. The van der Waals surface area contributed by atoms with Crippen LogP contribution in [0.5, 0.6) is 0 Å². The molecule has 1 unspecified atom stereocenters. The summed E-state index contributed by atoms with van der Waals surface area (Å²) in [6, 6.07) is 6.08. The summed E-state index contributed by atoms with van der Waals surface area (Å²) in [5.41, 5.74) is 5.78. The third-order valence-electron chi connectivity index (χ3n) is 4.29. The first-order valence-electron chi connectivity index (χ1n) is 8.23. The smallest absolute Gasteiger partial charge is 0.241 e. The van der Waals surface area contributed by atoms with Gasteiger partial charge in [0.25, 0.3) is 0 Å². The van der Waals surface area contributed by atoms with E-state index in [-0.39, 0.29) is 43.6 Å². The molecule has 0 aromatic heterocycles. The van der Waals surface area contributed by atoms with Crippen molar-refractivity contribution < 1.29 is 14.0 Å². The largest absolute Gasteiger partial charge is 0.370 e. The second-order valence-corrected chi connectivity index (χ2v) is 6.10. The van der Waals surface area contributed by atoms with E-state index >= 15 is 0 Å². The van der Waals surface area contributed by atoms with Crippen LogP contribution in [0.1, 0.15) is 19.3 Å². The lowest BCUT2D eigenvalue weighted by molar-refractivity contribution is -0.120. The van der Waals surface area contributed by atoms with E-state index in [0.717, 1.165) is 25.9 Å². The van der Waals surface area contributed by atoms with Crippen LogP contribution in [0.4, 0.5) is 10.1 Å². The van der Waals surface area contributed by atoms with E-state index in [9.17, 15) is 14.0 Å². The molecule has 2 rings (SSSR count). The fourth-order valence-corrected chi connectivity index (χ4v) is 2.95. The Kier molecular flexibility index (Phi) is 8.82. The van der Waals surface area contributed by atoms with Crippen LogP contribution < -0.4 is 16.0 Å². The van der Waals surface area contributed by atoms with Gasteiger partial charge in [-0.1, -0.05) is 0 Å². The number of halogens is 2. The number of benzene rings is 1. The molecule has 0 aliphatic carbocycles. The van der Waals surface area contributed by atoms with E-state index in [1.807, 2.05) is 7.05 Å². The monoisotopic (exact) mass is 372 g/mol. The summed E-state index contributed by atoms with van der Waals surface area (Å²) in [5.74, 6) is -0.948. The van der Waals surface area contributed by atoms with Gasteiger partial charge in [-0.15, -0.1) is 12.4 Å². The van der Waals surface area contributed by atoms with E-state index in [1.165, 1.54) is 17.0 Å². The van der Waals surface area contributed by atoms with Gasteiger partial charge in [0.15, 0.2) is 0 Å². The average molecular weight is 373 g/mol. The van der Waals surface area contributed by atoms with E-state index in [2.05, 4.69) is 10.2 Å². The molecule has 1 aromatic carbocycles. The fourth-order valence-electron chi connectivity index (χ4n) is 2.95. The summed E-state index contributed by atoms with van der Waals surface area (Å²) in [7, 11) is 1.92. The highest BCUT2D eigenvalue weighted by Gasteiger charge is 2.24. The Morgan fingerprint density at radius 2 is 2.04 bits per heavy atom. The third-order valence-corrected chi connectivity index (χ3v) is 4.29. The van der Waals surface area contributed by atoms with Gasteiger partial charge in [0, 0.05) is 31.2 Å². The Morgan fingerprint density at radius 3 is 2.64 bits per heavy atom. The van der Waals surface area contributed by atoms with Gasteiger partial charge in [-0.2, -0.15) is 0 Å². The Labute approximate surface area is 153 Å². The number of nitrogens with zero attached hydrogens (tertiary/aromatic N) is 2. The molecule has 0 bridgehead atoms. The number of piperidine rings is 1. The zero-order valence-electron chi connectivity index (χ0n) is 14.4. The van der Waals surface area contributed by atoms with Gasteiger partial charge in [0.05, 0.1) is 6.54 Å². The Bertz CT molecular complexity index is 570. The lowest BCUT2D eigenvalue weighted by atomic mass is 10.1. The summed E-state index contributed by atoms with van der Waals surface area (Å²) >= 11 is 0. The van der Waals surface area contributed by atoms with Gasteiger partial charge >= 0.3 is 0 Å². The van der Waals surface area contributed by atoms with Crippen LogP contribution in [0.2, 0.25) is 0 Å². The molecule has 0 radical (unpaired) electrons. The van der Waals surface area contributed by atoms with Crippen molar-refractivity contribution >= 4 is 29.9 Å². The number of primary amides is 1. The van der Waals surface area contributed by atoms with Crippen LogP contribution in [0.25, 0.3) is 0 Å². The SMILES string of the molecule is CNC1CCCN(CC(=O)N(CCC(N)=O)c2ccc(F)cc2)C1.Cl. The zero-order valence-corrected chi connectivity index (χ0v) is 15.2. The topological polar surface area (TPSA) is 78.7 Å². The van der Waals surface area contributed by atoms with Crippen molar-refractivity contribution in [3.05, 3.63) is 30.1 Å². The molecule has 2 amide bonds. The highest BCUT2D eigenvalue weighted by atomic mass is 35.5. The van der Waals surface area contributed by atoms with Crippen molar-refractivity contribution in [2.75, 3.05) is 38.1 Å². The normalized spacial score (nSPS) is 17.6. The van der Waals surface area contributed by atoms with Crippen molar-refractivity contribution in [2.24, 2.45) is 5.73 Å². The highest BCUT2D eigenvalue weighted by molar-refractivity contribution is 5.95. The minimum Gasteiger partial charge on any atom is -0.370 e. The van der Waals surface area contributed by atoms with Gasteiger partial charge < -0.3 is 16.0 Å². The maximum atomic E-state index is 13.1. The summed E-state index contributed by atoms with van der Waals surface area (Å²) < 4.78 is 13.1. The Morgan fingerprint density at radius 1 is 1.36 bits per heavy atom. The summed E-state index contributed by atoms with van der Waals surface area (Å²) in [4.78, 5) is 27.4. The van der Waals surface area contributed by atoms with Crippen LogP contribution >= 0.6 is 12.4 Å². The maximum Gasteiger partial charge on any atom is 0.241 e. The quantitative estimate of drug-likeness (QED) is 0.752. The predicted octanol–water partition coefficient (Wildman–Crippen LogP) is 1.14. The van der Waals surface area contributed by atoms with Crippen molar-refractivity contribution in [1.29, 1.82) is 0 Å². The number of likely N-dealkylation sites (N-methyl/N-ethyl adjacent to an activating group) is 1. The Hall–Kier alpha value is -1.70. The van der Waals surface area contributed by atoms with Gasteiger partial charge in [0.2, 0.25) is 11.8 Å². The first-order chi connectivity index (χ1) is 11.5. The van der Waals surface area contributed by atoms with E-state index in [1.54, 1.807) is 12.1 Å². The molecule has 0 spiro atoms. The standard InChI is InChI=1S/C17H25FN4O2.ClH/c1-20-14-3-2-9-21(11-14)12-17(24)22(10-8-16(19)23)15-6-4-13(18)5-7-15;/h4-7,14,20H,2-3,8-12H2,1H3,(H2,19,23);1H. The number of hydrogen-bond donors (Lipinski definition) is 2.